The van der Waals surface area contributed by atoms with Crippen molar-refractivity contribution in [1.82, 2.24) is 5.32 Å². The van der Waals surface area contributed by atoms with E-state index < -0.39 is 30.4 Å². The predicted octanol–water partition coefficient (Wildman–Crippen LogP) is 0.745. The van der Waals surface area contributed by atoms with E-state index in [2.05, 4.69) is 10.6 Å². The average molecular weight is 282 g/mol. The Balaban J connectivity index is 2.70. The third kappa shape index (κ3) is 4.48. The van der Waals surface area contributed by atoms with Gasteiger partial charge in [0, 0.05) is 0 Å². The average Bonchev–Trinajstić information content (AvgIpc) is 2.37. The summed E-state index contributed by atoms with van der Waals surface area (Å²) in [5.74, 6) is -2.36. The molecule has 0 bridgehead atoms. The van der Waals surface area contributed by atoms with Crippen molar-refractivity contribution in [2.24, 2.45) is 0 Å². The van der Waals surface area contributed by atoms with Crippen LogP contribution in [0.1, 0.15) is 6.42 Å². The molecule has 108 valence electrons. The number of amides is 2. The highest BCUT2D eigenvalue weighted by Gasteiger charge is 2.23. The molecule has 0 aromatic heterocycles. The Morgan fingerprint density at radius 2 is 1.90 bits per heavy atom. The van der Waals surface area contributed by atoms with Crippen LogP contribution in [0, 0.1) is 0 Å². The van der Waals surface area contributed by atoms with Crippen LogP contribution in [0.25, 0.3) is 0 Å². The van der Waals surface area contributed by atoms with Gasteiger partial charge < -0.3 is 25.6 Å². The van der Waals surface area contributed by atoms with Crippen LogP contribution in [0.5, 0.6) is 5.75 Å². The molecule has 0 aliphatic rings. The van der Waals surface area contributed by atoms with E-state index in [1.54, 1.807) is 24.3 Å². The molecule has 8 nitrogen and oxygen atoms in total. The lowest BCUT2D eigenvalue weighted by Gasteiger charge is -2.14. The maximum absolute atomic E-state index is 11.6. The van der Waals surface area contributed by atoms with E-state index >= 15 is 0 Å². The van der Waals surface area contributed by atoms with Gasteiger partial charge in [-0.2, -0.15) is 0 Å². The van der Waals surface area contributed by atoms with Crippen LogP contribution in [-0.4, -0.2) is 41.3 Å². The second kappa shape index (κ2) is 6.98. The first kappa shape index (κ1) is 15.3. The van der Waals surface area contributed by atoms with Gasteiger partial charge in [0.25, 0.3) is 0 Å². The smallest absolute Gasteiger partial charge is 0.326 e. The Morgan fingerprint density at radius 3 is 2.45 bits per heavy atom. The second-order valence-electron chi connectivity index (χ2n) is 3.79. The number of carboxylic acids is 2. The number of nitrogens with one attached hydrogen (secondary N) is 2. The highest BCUT2D eigenvalue weighted by molar-refractivity contribution is 5.94. The van der Waals surface area contributed by atoms with Gasteiger partial charge in [0.05, 0.1) is 19.2 Å². The quantitative estimate of drug-likeness (QED) is 0.610. The highest BCUT2D eigenvalue weighted by atomic mass is 16.5. The Hall–Kier alpha value is -2.77. The molecule has 2 amide bonds. The first-order chi connectivity index (χ1) is 9.43. The monoisotopic (exact) mass is 282 g/mol. The summed E-state index contributed by atoms with van der Waals surface area (Å²) >= 11 is 0. The Bertz CT molecular complexity index is 516. The minimum Gasteiger partial charge on any atom is -0.495 e. The van der Waals surface area contributed by atoms with E-state index in [9.17, 15) is 14.4 Å². The van der Waals surface area contributed by atoms with Gasteiger partial charge in [-0.1, -0.05) is 12.1 Å². The van der Waals surface area contributed by atoms with E-state index in [1.807, 2.05) is 0 Å². The zero-order valence-corrected chi connectivity index (χ0v) is 10.6. The molecule has 1 atom stereocenters. The van der Waals surface area contributed by atoms with Crippen LogP contribution in [-0.2, 0) is 9.59 Å². The molecule has 1 unspecified atom stereocenters. The van der Waals surface area contributed by atoms with E-state index in [-0.39, 0.29) is 0 Å². The van der Waals surface area contributed by atoms with Crippen molar-refractivity contribution in [2.75, 3.05) is 12.4 Å². The minimum atomic E-state index is -1.51. The number of hydrogen-bond donors (Lipinski definition) is 4. The van der Waals surface area contributed by atoms with Crippen molar-refractivity contribution in [3.63, 3.8) is 0 Å². The van der Waals surface area contributed by atoms with Crippen molar-refractivity contribution in [3.8, 4) is 5.75 Å². The molecule has 4 N–H and O–H groups in total. The molecule has 0 radical (unpaired) electrons. The van der Waals surface area contributed by atoms with Crippen LogP contribution in [0.2, 0.25) is 0 Å². The van der Waals surface area contributed by atoms with Crippen LogP contribution >= 0.6 is 0 Å². The molecule has 8 heteroatoms. The molecule has 1 rings (SSSR count). The summed E-state index contributed by atoms with van der Waals surface area (Å²) in [6, 6.07) is 4.19. The van der Waals surface area contributed by atoms with Gasteiger partial charge in [0.15, 0.2) is 0 Å². The van der Waals surface area contributed by atoms with Crippen molar-refractivity contribution in [2.45, 2.75) is 12.5 Å². The molecular formula is C12H14N2O6. The number of anilines is 1. The predicted molar refractivity (Wildman–Crippen MR) is 68.8 cm³/mol. The standard InChI is InChI=1S/C12H14N2O6/c1-20-9-5-3-2-4-7(9)13-12(19)14-8(11(17)18)6-10(15)16/h2-5,8H,6H2,1H3,(H,15,16)(H,17,18)(H2,13,14,19). The lowest BCUT2D eigenvalue weighted by molar-refractivity contribution is -0.145. The summed E-state index contributed by atoms with van der Waals surface area (Å²) in [5.41, 5.74) is 0.340. The number of rotatable bonds is 6. The van der Waals surface area contributed by atoms with Crippen LogP contribution in [0.15, 0.2) is 24.3 Å². The van der Waals surface area contributed by atoms with Crippen molar-refractivity contribution in [3.05, 3.63) is 24.3 Å². The van der Waals surface area contributed by atoms with E-state index in [0.29, 0.717) is 11.4 Å². The first-order valence-electron chi connectivity index (χ1n) is 5.59. The SMILES string of the molecule is COc1ccccc1NC(=O)NC(CC(=O)O)C(=O)O. The molecule has 0 spiro atoms. The summed E-state index contributed by atoms with van der Waals surface area (Å²) in [6.07, 6.45) is -0.714. The van der Waals surface area contributed by atoms with Crippen LogP contribution < -0.4 is 15.4 Å². The van der Waals surface area contributed by atoms with Crippen molar-refractivity contribution < 1.29 is 29.3 Å². The summed E-state index contributed by atoms with van der Waals surface area (Å²) in [4.78, 5) is 33.0. The zero-order chi connectivity index (χ0) is 15.1. The number of urea groups is 1. The van der Waals surface area contributed by atoms with Crippen LogP contribution in [0.3, 0.4) is 0 Å². The lowest BCUT2D eigenvalue weighted by atomic mass is 10.2. The van der Waals surface area contributed by atoms with E-state index in [1.165, 1.54) is 7.11 Å². The molecule has 0 saturated heterocycles. The third-order valence-electron chi connectivity index (χ3n) is 2.34. The summed E-state index contributed by atoms with van der Waals surface area (Å²) in [5, 5.41) is 21.8. The Morgan fingerprint density at radius 1 is 1.25 bits per heavy atom. The first-order valence-corrected chi connectivity index (χ1v) is 5.59. The molecular weight excluding hydrogens is 268 g/mol. The van der Waals surface area contributed by atoms with Crippen molar-refractivity contribution >= 4 is 23.7 Å². The third-order valence-corrected chi connectivity index (χ3v) is 2.34. The highest BCUT2D eigenvalue weighted by Crippen LogP contribution is 2.22. The molecule has 0 fully saturated rings. The number of hydrogen-bond acceptors (Lipinski definition) is 4. The number of para-hydroxylation sites is 2. The molecule has 1 aromatic rings. The van der Waals surface area contributed by atoms with E-state index in [0.717, 1.165) is 0 Å². The number of ether oxygens (including phenoxy) is 1. The zero-order valence-electron chi connectivity index (χ0n) is 10.6. The summed E-state index contributed by atoms with van der Waals surface area (Å²) < 4.78 is 5.01. The number of methoxy groups -OCH3 is 1. The van der Waals surface area contributed by atoms with Crippen LogP contribution in [0.4, 0.5) is 10.5 Å². The van der Waals surface area contributed by atoms with Gasteiger partial charge in [-0.25, -0.2) is 9.59 Å². The molecule has 0 aliphatic heterocycles. The number of aliphatic carboxylic acids is 2. The normalized spacial score (nSPS) is 11.2. The van der Waals surface area contributed by atoms with Gasteiger partial charge in [0.2, 0.25) is 0 Å². The Kier molecular flexibility index (Phi) is 5.33. The number of carbonyl (C=O) groups excluding carboxylic acids is 1. The fourth-order valence-corrected chi connectivity index (χ4v) is 1.44. The van der Waals surface area contributed by atoms with E-state index in [4.69, 9.17) is 14.9 Å². The van der Waals surface area contributed by atoms with Gasteiger partial charge >= 0.3 is 18.0 Å². The number of carboxylic acid groups (broad SMARTS) is 2. The molecule has 20 heavy (non-hydrogen) atoms. The lowest BCUT2D eigenvalue weighted by Crippen LogP contribution is -2.44. The van der Waals surface area contributed by atoms with Gasteiger partial charge in [-0.05, 0) is 12.1 Å². The fraction of sp³-hybridized carbons (Fsp3) is 0.250. The van der Waals surface area contributed by atoms with Gasteiger partial charge in [-0.3, -0.25) is 4.79 Å². The molecule has 0 heterocycles. The molecule has 0 saturated carbocycles. The second-order valence-corrected chi connectivity index (χ2v) is 3.79. The minimum absolute atomic E-state index is 0.340. The summed E-state index contributed by atoms with van der Waals surface area (Å²) in [7, 11) is 1.42. The topological polar surface area (TPSA) is 125 Å². The van der Waals surface area contributed by atoms with Gasteiger partial charge in [0.1, 0.15) is 11.8 Å². The number of benzene rings is 1. The largest absolute Gasteiger partial charge is 0.495 e. The maximum Gasteiger partial charge on any atom is 0.326 e. The van der Waals surface area contributed by atoms with Crippen molar-refractivity contribution in [1.29, 1.82) is 0 Å². The molecule has 0 aliphatic carbocycles. The molecule has 1 aromatic carbocycles. The number of carbonyl (C=O) groups is 3. The Labute approximate surface area is 114 Å². The van der Waals surface area contributed by atoms with Gasteiger partial charge in [-0.15, -0.1) is 0 Å². The fourth-order valence-electron chi connectivity index (χ4n) is 1.44. The summed E-state index contributed by atoms with van der Waals surface area (Å²) in [6.45, 7) is 0. The maximum atomic E-state index is 11.6.